The predicted octanol–water partition coefficient (Wildman–Crippen LogP) is 1.53. The molecule has 1 aromatic carbocycles. The lowest BCUT2D eigenvalue weighted by Gasteiger charge is -2.21. The van der Waals surface area contributed by atoms with Gasteiger partial charge in [-0.15, -0.1) is 11.3 Å². The van der Waals surface area contributed by atoms with Crippen LogP contribution in [0.2, 0.25) is 0 Å². The van der Waals surface area contributed by atoms with E-state index in [-0.39, 0.29) is 12.5 Å². The molecule has 0 bridgehead atoms. The Morgan fingerprint density at radius 2 is 2.16 bits per heavy atom. The van der Waals surface area contributed by atoms with Crippen LogP contribution in [0.3, 0.4) is 0 Å². The Hall–Kier alpha value is -2.08. The summed E-state index contributed by atoms with van der Waals surface area (Å²) in [6.45, 7) is 2.56. The maximum absolute atomic E-state index is 11.2. The van der Waals surface area contributed by atoms with E-state index >= 15 is 0 Å². The first-order valence-corrected chi connectivity index (χ1v) is 6.73. The van der Waals surface area contributed by atoms with Crippen LogP contribution in [0.15, 0.2) is 29.6 Å². The van der Waals surface area contributed by atoms with Gasteiger partial charge >= 0.3 is 0 Å². The lowest BCUT2D eigenvalue weighted by Crippen LogP contribution is -2.33. The summed E-state index contributed by atoms with van der Waals surface area (Å²) < 4.78 is 0. The Kier molecular flexibility index (Phi) is 4.01. The molecule has 1 amide bonds. The van der Waals surface area contributed by atoms with E-state index in [0.717, 1.165) is 16.4 Å². The number of carbonyl (C=O) groups is 1. The summed E-state index contributed by atoms with van der Waals surface area (Å²) >= 11 is 1.49. The second-order valence-electron chi connectivity index (χ2n) is 4.29. The van der Waals surface area contributed by atoms with Crippen LogP contribution < -0.4 is 16.4 Å². The lowest BCUT2D eigenvalue weighted by atomic mass is 10.2. The van der Waals surface area contributed by atoms with E-state index in [0.29, 0.717) is 12.2 Å². The lowest BCUT2D eigenvalue weighted by molar-refractivity contribution is -0.116. The van der Waals surface area contributed by atoms with Crippen molar-refractivity contribution in [2.45, 2.75) is 13.5 Å². The maximum atomic E-state index is 11.2. The molecule has 19 heavy (non-hydrogen) atoms. The molecule has 0 radical (unpaired) electrons. The third-order valence-corrected chi connectivity index (χ3v) is 3.66. The number of thiazole rings is 1. The highest BCUT2D eigenvalue weighted by Gasteiger charge is 2.14. The average molecular weight is 276 g/mol. The van der Waals surface area contributed by atoms with Gasteiger partial charge in [-0.1, -0.05) is 18.2 Å². The molecule has 5 nitrogen and oxygen atoms in total. The number of rotatable bonds is 5. The van der Waals surface area contributed by atoms with E-state index in [2.05, 4.69) is 4.98 Å². The molecule has 0 aliphatic carbocycles. The minimum Gasteiger partial charge on any atom is -0.398 e. The summed E-state index contributed by atoms with van der Waals surface area (Å²) in [6, 6.07) is 7.57. The van der Waals surface area contributed by atoms with Gasteiger partial charge < -0.3 is 16.4 Å². The van der Waals surface area contributed by atoms with Gasteiger partial charge in [0, 0.05) is 17.6 Å². The molecule has 100 valence electrons. The second-order valence-corrected chi connectivity index (χ2v) is 5.13. The van der Waals surface area contributed by atoms with Gasteiger partial charge in [0.05, 0.1) is 12.2 Å². The fourth-order valence-corrected chi connectivity index (χ4v) is 2.55. The fraction of sp³-hybridized carbons (Fsp3) is 0.231. The van der Waals surface area contributed by atoms with E-state index in [4.69, 9.17) is 11.5 Å². The van der Waals surface area contributed by atoms with Crippen molar-refractivity contribution in [3.63, 3.8) is 0 Å². The van der Waals surface area contributed by atoms with Gasteiger partial charge in [-0.05, 0) is 18.6 Å². The molecule has 4 N–H and O–H groups in total. The summed E-state index contributed by atoms with van der Waals surface area (Å²) in [4.78, 5) is 17.4. The zero-order valence-electron chi connectivity index (χ0n) is 10.7. The second kappa shape index (κ2) is 5.71. The predicted molar refractivity (Wildman–Crippen MR) is 77.9 cm³/mol. The largest absolute Gasteiger partial charge is 0.398 e. The smallest absolute Gasteiger partial charge is 0.237 e. The number of aromatic nitrogens is 1. The molecule has 0 fully saturated rings. The Balaban J connectivity index is 2.24. The van der Waals surface area contributed by atoms with Crippen LogP contribution in [0.1, 0.15) is 11.3 Å². The molecule has 2 rings (SSSR count). The van der Waals surface area contributed by atoms with Crippen LogP contribution >= 0.6 is 11.3 Å². The van der Waals surface area contributed by atoms with E-state index in [1.165, 1.54) is 11.3 Å². The van der Waals surface area contributed by atoms with Crippen molar-refractivity contribution >= 4 is 28.1 Å². The molecule has 0 aliphatic heterocycles. The van der Waals surface area contributed by atoms with Crippen LogP contribution in [0.5, 0.6) is 0 Å². The van der Waals surface area contributed by atoms with Crippen LogP contribution in [0.4, 0.5) is 10.8 Å². The number of nitrogens with zero attached hydrogens (tertiary/aromatic N) is 2. The summed E-state index contributed by atoms with van der Waals surface area (Å²) in [6.07, 6.45) is 0. The van der Waals surface area contributed by atoms with Gasteiger partial charge in [0.1, 0.15) is 0 Å². The molecular weight excluding hydrogens is 260 g/mol. The third-order valence-electron chi connectivity index (χ3n) is 2.64. The summed E-state index contributed by atoms with van der Waals surface area (Å²) in [5, 5.41) is 2.72. The number of nitrogens with two attached hydrogens (primary N) is 2. The SMILES string of the molecule is Cc1csc(N(CC(N)=O)Cc2ccccc2N)n1. The zero-order chi connectivity index (χ0) is 13.8. The number of amides is 1. The molecule has 0 unspecified atom stereocenters. The Bertz CT molecular complexity index is 582. The summed E-state index contributed by atoms with van der Waals surface area (Å²) in [5.41, 5.74) is 13.8. The third kappa shape index (κ3) is 3.45. The number of aryl methyl sites for hydroxylation is 1. The molecule has 0 spiro atoms. The van der Waals surface area contributed by atoms with Crippen molar-refractivity contribution in [2.24, 2.45) is 5.73 Å². The topological polar surface area (TPSA) is 85.2 Å². The van der Waals surface area contributed by atoms with Gasteiger partial charge in [0.2, 0.25) is 5.91 Å². The quantitative estimate of drug-likeness (QED) is 0.811. The molecule has 0 aliphatic rings. The molecular formula is C13H16N4OS. The van der Waals surface area contributed by atoms with Gasteiger partial charge in [-0.2, -0.15) is 0 Å². The molecule has 1 aromatic heterocycles. The van der Waals surface area contributed by atoms with Gasteiger partial charge in [0.15, 0.2) is 5.13 Å². The Morgan fingerprint density at radius 1 is 1.42 bits per heavy atom. The first-order valence-electron chi connectivity index (χ1n) is 5.85. The van der Waals surface area contributed by atoms with E-state index in [9.17, 15) is 4.79 Å². The minimum atomic E-state index is -0.387. The van der Waals surface area contributed by atoms with Crippen LogP contribution in [-0.4, -0.2) is 17.4 Å². The van der Waals surface area contributed by atoms with Crippen molar-refractivity contribution in [3.05, 3.63) is 40.9 Å². The molecule has 6 heteroatoms. The molecule has 1 heterocycles. The number of para-hydroxylation sites is 1. The van der Waals surface area contributed by atoms with Gasteiger partial charge in [0.25, 0.3) is 0 Å². The van der Waals surface area contributed by atoms with Crippen molar-refractivity contribution in [3.8, 4) is 0 Å². The molecule has 0 saturated heterocycles. The Labute approximate surface area is 115 Å². The fourth-order valence-electron chi connectivity index (χ4n) is 1.75. The number of hydrogen-bond acceptors (Lipinski definition) is 5. The minimum absolute atomic E-state index is 0.126. The van der Waals surface area contributed by atoms with E-state index < -0.39 is 0 Å². The van der Waals surface area contributed by atoms with Gasteiger partial charge in [-0.25, -0.2) is 4.98 Å². The summed E-state index contributed by atoms with van der Waals surface area (Å²) in [7, 11) is 0. The van der Waals surface area contributed by atoms with Crippen LogP contribution in [-0.2, 0) is 11.3 Å². The van der Waals surface area contributed by atoms with Gasteiger partial charge in [-0.3, -0.25) is 4.79 Å². The number of nitrogen functional groups attached to an aromatic ring is 1. The monoisotopic (exact) mass is 276 g/mol. The maximum Gasteiger partial charge on any atom is 0.237 e. The highest BCUT2D eigenvalue weighted by Crippen LogP contribution is 2.23. The highest BCUT2D eigenvalue weighted by molar-refractivity contribution is 7.13. The van der Waals surface area contributed by atoms with Crippen LogP contribution in [0.25, 0.3) is 0 Å². The van der Waals surface area contributed by atoms with Crippen molar-refractivity contribution in [1.82, 2.24) is 4.98 Å². The summed E-state index contributed by atoms with van der Waals surface area (Å²) in [5.74, 6) is -0.387. The number of primary amides is 1. The number of carbonyl (C=O) groups excluding carboxylic acids is 1. The van der Waals surface area contributed by atoms with Crippen molar-refractivity contribution < 1.29 is 4.79 Å². The normalized spacial score (nSPS) is 10.4. The standard InChI is InChI=1S/C13H16N4OS/c1-9-8-19-13(16-9)17(7-12(15)18)6-10-4-2-3-5-11(10)14/h2-5,8H,6-7,14H2,1H3,(H2,15,18). The molecule has 0 atom stereocenters. The zero-order valence-corrected chi connectivity index (χ0v) is 11.5. The molecule has 2 aromatic rings. The van der Waals surface area contributed by atoms with E-state index in [1.54, 1.807) is 0 Å². The highest BCUT2D eigenvalue weighted by atomic mass is 32.1. The number of hydrogen-bond donors (Lipinski definition) is 2. The van der Waals surface area contributed by atoms with Crippen molar-refractivity contribution in [1.29, 1.82) is 0 Å². The molecule has 0 saturated carbocycles. The van der Waals surface area contributed by atoms with Crippen LogP contribution in [0, 0.1) is 6.92 Å². The average Bonchev–Trinajstić information content (AvgIpc) is 2.77. The first-order chi connectivity index (χ1) is 9.06. The first kappa shape index (κ1) is 13.4. The number of benzene rings is 1. The van der Waals surface area contributed by atoms with Crippen molar-refractivity contribution in [2.75, 3.05) is 17.2 Å². The van der Waals surface area contributed by atoms with E-state index in [1.807, 2.05) is 41.5 Å². The number of anilines is 2. The Morgan fingerprint density at radius 3 is 2.74 bits per heavy atom.